The van der Waals surface area contributed by atoms with Gasteiger partial charge in [0.05, 0.1) is 20.8 Å². The van der Waals surface area contributed by atoms with Gasteiger partial charge in [-0.2, -0.15) is 0 Å². The molecule has 0 saturated heterocycles. The molecule has 6 heteroatoms. The number of carbonyl (C=O) groups excluding carboxylic acids is 1. The smallest absolute Gasteiger partial charge is 0.183 e. The van der Waals surface area contributed by atoms with E-state index < -0.39 is 22.9 Å². The molecule has 0 spiro atoms. The molecule has 16 heavy (non-hydrogen) atoms. The average molecular weight is 229 g/mol. The molecule has 0 aliphatic rings. The van der Waals surface area contributed by atoms with Gasteiger partial charge in [-0.15, -0.1) is 0 Å². The summed E-state index contributed by atoms with van der Waals surface area (Å²) in [4.78, 5) is 11.4. The SMILES string of the molecule is COc1cc(O)c(F)c(C(=O)CN)c1OC. The molecule has 0 saturated carbocycles. The van der Waals surface area contributed by atoms with Crippen LogP contribution in [0.25, 0.3) is 0 Å². The zero-order valence-corrected chi connectivity index (χ0v) is 8.91. The van der Waals surface area contributed by atoms with E-state index in [-0.39, 0.29) is 18.0 Å². The van der Waals surface area contributed by atoms with E-state index in [1.165, 1.54) is 14.2 Å². The highest BCUT2D eigenvalue weighted by atomic mass is 19.1. The predicted molar refractivity (Wildman–Crippen MR) is 54.6 cm³/mol. The molecule has 0 fully saturated rings. The van der Waals surface area contributed by atoms with Crippen molar-refractivity contribution in [2.45, 2.75) is 0 Å². The molecule has 1 aromatic carbocycles. The van der Waals surface area contributed by atoms with E-state index in [9.17, 15) is 14.3 Å². The summed E-state index contributed by atoms with van der Waals surface area (Å²) in [5.74, 6) is -2.43. The first-order valence-electron chi connectivity index (χ1n) is 4.43. The standard InChI is InChI=1S/C10H12FNO4/c1-15-7-3-5(13)9(11)8(6(14)4-12)10(7)16-2/h3,13H,4,12H2,1-2H3. The lowest BCUT2D eigenvalue weighted by Gasteiger charge is -2.13. The van der Waals surface area contributed by atoms with Gasteiger partial charge in [-0.25, -0.2) is 4.39 Å². The van der Waals surface area contributed by atoms with E-state index in [1.807, 2.05) is 0 Å². The number of benzene rings is 1. The van der Waals surface area contributed by atoms with Gasteiger partial charge in [0.1, 0.15) is 5.56 Å². The van der Waals surface area contributed by atoms with Crippen LogP contribution in [0.1, 0.15) is 10.4 Å². The number of carbonyl (C=O) groups is 1. The second-order valence-corrected chi connectivity index (χ2v) is 2.95. The van der Waals surface area contributed by atoms with Crippen molar-refractivity contribution in [2.75, 3.05) is 20.8 Å². The van der Waals surface area contributed by atoms with Crippen molar-refractivity contribution in [3.8, 4) is 17.2 Å². The van der Waals surface area contributed by atoms with Crippen LogP contribution in [0.3, 0.4) is 0 Å². The number of methoxy groups -OCH3 is 2. The fraction of sp³-hybridized carbons (Fsp3) is 0.300. The quantitative estimate of drug-likeness (QED) is 0.742. The summed E-state index contributed by atoms with van der Waals surface area (Å²) in [6, 6.07) is 1.03. The summed E-state index contributed by atoms with van der Waals surface area (Å²) < 4.78 is 23.3. The van der Waals surface area contributed by atoms with Crippen LogP contribution < -0.4 is 15.2 Å². The third kappa shape index (κ3) is 1.92. The maximum Gasteiger partial charge on any atom is 0.183 e. The fourth-order valence-corrected chi connectivity index (χ4v) is 1.31. The first kappa shape index (κ1) is 12.3. The molecule has 0 heterocycles. The Bertz CT molecular complexity index is 420. The molecule has 1 rings (SSSR count). The minimum atomic E-state index is -1.06. The summed E-state index contributed by atoms with van der Waals surface area (Å²) in [6.45, 7) is -0.389. The van der Waals surface area contributed by atoms with E-state index in [4.69, 9.17) is 15.2 Å². The topological polar surface area (TPSA) is 81.8 Å². The Balaban J connectivity index is 3.53. The molecule has 0 unspecified atom stereocenters. The van der Waals surface area contributed by atoms with E-state index in [1.54, 1.807) is 0 Å². The van der Waals surface area contributed by atoms with Crippen LogP contribution in [-0.4, -0.2) is 31.7 Å². The summed E-state index contributed by atoms with van der Waals surface area (Å²) in [6.07, 6.45) is 0. The second-order valence-electron chi connectivity index (χ2n) is 2.95. The van der Waals surface area contributed by atoms with Crippen LogP contribution in [0.5, 0.6) is 17.2 Å². The third-order valence-electron chi connectivity index (χ3n) is 2.05. The first-order chi connectivity index (χ1) is 7.56. The van der Waals surface area contributed by atoms with Gasteiger partial charge in [0.2, 0.25) is 0 Å². The van der Waals surface area contributed by atoms with Crippen molar-refractivity contribution < 1.29 is 23.8 Å². The molecule has 3 N–H and O–H groups in total. The summed E-state index contributed by atoms with van der Waals surface area (Å²) in [5, 5.41) is 9.27. The fourth-order valence-electron chi connectivity index (χ4n) is 1.31. The number of rotatable bonds is 4. The van der Waals surface area contributed by atoms with Crippen molar-refractivity contribution in [1.82, 2.24) is 0 Å². The number of nitrogens with two attached hydrogens (primary N) is 1. The third-order valence-corrected chi connectivity index (χ3v) is 2.05. The van der Waals surface area contributed by atoms with Gasteiger partial charge >= 0.3 is 0 Å². The molecule has 0 amide bonds. The van der Waals surface area contributed by atoms with E-state index >= 15 is 0 Å². The van der Waals surface area contributed by atoms with Gasteiger partial charge in [0.25, 0.3) is 0 Å². The minimum Gasteiger partial charge on any atom is -0.505 e. The normalized spacial score (nSPS) is 10.0. The van der Waals surface area contributed by atoms with Gasteiger partial charge in [0.15, 0.2) is 28.8 Å². The van der Waals surface area contributed by atoms with E-state index in [2.05, 4.69) is 0 Å². The molecule has 5 nitrogen and oxygen atoms in total. The molecule has 1 aromatic rings. The highest BCUT2D eigenvalue weighted by Crippen LogP contribution is 2.37. The molecule has 0 radical (unpaired) electrons. The first-order valence-corrected chi connectivity index (χ1v) is 4.43. The molecule has 0 aliphatic heterocycles. The zero-order chi connectivity index (χ0) is 12.3. The molecule has 0 aliphatic carbocycles. The van der Waals surface area contributed by atoms with Crippen LogP contribution in [0, 0.1) is 5.82 Å². The van der Waals surface area contributed by atoms with Gasteiger partial charge < -0.3 is 20.3 Å². The van der Waals surface area contributed by atoms with Crippen LogP contribution in [0.2, 0.25) is 0 Å². The molecule has 0 aromatic heterocycles. The summed E-state index contributed by atoms with van der Waals surface area (Å²) >= 11 is 0. The number of ether oxygens (including phenoxy) is 2. The zero-order valence-electron chi connectivity index (χ0n) is 8.91. The number of aromatic hydroxyl groups is 1. The van der Waals surface area contributed by atoms with Gasteiger partial charge in [0, 0.05) is 6.07 Å². The van der Waals surface area contributed by atoms with Crippen molar-refractivity contribution in [1.29, 1.82) is 0 Å². The average Bonchev–Trinajstić information content (AvgIpc) is 2.30. The number of hydrogen-bond donors (Lipinski definition) is 2. The van der Waals surface area contributed by atoms with Crippen LogP contribution in [0.4, 0.5) is 4.39 Å². The Morgan fingerprint density at radius 3 is 2.56 bits per heavy atom. The molecular weight excluding hydrogens is 217 g/mol. The monoisotopic (exact) mass is 229 g/mol. The lowest BCUT2D eigenvalue weighted by atomic mass is 10.1. The Morgan fingerprint density at radius 2 is 2.12 bits per heavy atom. The second kappa shape index (κ2) is 4.80. The summed E-state index contributed by atoms with van der Waals surface area (Å²) in [5.41, 5.74) is 4.74. The van der Waals surface area contributed by atoms with Gasteiger partial charge in [-0.1, -0.05) is 0 Å². The molecule has 0 atom stereocenters. The predicted octanol–water partition coefficient (Wildman–Crippen LogP) is 0.690. The number of hydrogen-bond acceptors (Lipinski definition) is 5. The van der Waals surface area contributed by atoms with Crippen molar-refractivity contribution >= 4 is 5.78 Å². The summed E-state index contributed by atoms with van der Waals surface area (Å²) in [7, 11) is 2.58. The highest BCUT2D eigenvalue weighted by Gasteiger charge is 2.24. The largest absolute Gasteiger partial charge is 0.505 e. The number of ketones is 1. The highest BCUT2D eigenvalue weighted by molar-refractivity contribution is 6.01. The van der Waals surface area contributed by atoms with Gasteiger partial charge in [-0.3, -0.25) is 4.79 Å². The van der Waals surface area contributed by atoms with Crippen molar-refractivity contribution in [2.24, 2.45) is 5.73 Å². The molecule has 0 bridgehead atoms. The van der Waals surface area contributed by atoms with Crippen LogP contribution in [-0.2, 0) is 0 Å². The maximum absolute atomic E-state index is 13.5. The van der Waals surface area contributed by atoms with Crippen LogP contribution in [0.15, 0.2) is 6.07 Å². The number of halogens is 1. The lowest BCUT2D eigenvalue weighted by Crippen LogP contribution is -2.16. The van der Waals surface area contributed by atoms with Crippen molar-refractivity contribution in [3.63, 3.8) is 0 Å². The van der Waals surface area contributed by atoms with Gasteiger partial charge in [-0.05, 0) is 0 Å². The Morgan fingerprint density at radius 1 is 1.50 bits per heavy atom. The number of phenolic OH excluding ortho intramolecular Hbond substituents is 1. The Kier molecular flexibility index (Phi) is 3.68. The Labute approximate surface area is 91.6 Å². The molecule has 88 valence electrons. The number of Topliss-reactive ketones (excluding diaryl/α,β-unsaturated/α-hetero) is 1. The number of phenols is 1. The lowest BCUT2D eigenvalue weighted by molar-refractivity contribution is 0.0992. The van der Waals surface area contributed by atoms with E-state index in [0.717, 1.165) is 6.07 Å². The Hall–Kier alpha value is -1.82. The maximum atomic E-state index is 13.5. The molecular formula is C10H12FNO4. The minimum absolute atomic E-state index is 0.0678. The van der Waals surface area contributed by atoms with Crippen molar-refractivity contribution in [3.05, 3.63) is 17.4 Å². The van der Waals surface area contributed by atoms with E-state index in [0.29, 0.717) is 0 Å². The van der Waals surface area contributed by atoms with Crippen LogP contribution >= 0.6 is 0 Å².